The molecule has 1 aromatic rings. The van der Waals surface area contributed by atoms with Crippen LogP contribution in [-0.4, -0.2) is 27.7 Å². The van der Waals surface area contributed by atoms with Crippen LogP contribution in [0.25, 0.3) is 0 Å². The Labute approximate surface area is 89.8 Å². The number of aromatic nitrogens is 2. The van der Waals surface area contributed by atoms with Crippen LogP contribution in [0.3, 0.4) is 0 Å². The maximum atomic E-state index is 9.16. The molecule has 0 amide bonds. The quantitative estimate of drug-likeness (QED) is 0.783. The number of anilines is 1. The fourth-order valence-corrected chi connectivity index (χ4v) is 1.81. The van der Waals surface area contributed by atoms with Crippen molar-refractivity contribution in [3.63, 3.8) is 0 Å². The molecule has 4 heteroatoms. The van der Waals surface area contributed by atoms with E-state index in [0.717, 1.165) is 36.6 Å². The van der Waals surface area contributed by atoms with Crippen LogP contribution in [-0.2, 0) is 0 Å². The van der Waals surface area contributed by atoms with Crippen molar-refractivity contribution in [2.45, 2.75) is 32.8 Å². The van der Waals surface area contributed by atoms with E-state index in [1.54, 1.807) is 6.20 Å². The van der Waals surface area contributed by atoms with Gasteiger partial charge in [0, 0.05) is 12.7 Å². The zero-order valence-corrected chi connectivity index (χ0v) is 9.20. The SMILES string of the molecule is Cc1cnc(C)c(NCC2CC(O)C2)n1. The minimum Gasteiger partial charge on any atom is -0.393 e. The molecule has 0 atom stereocenters. The second-order valence-corrected chi connectivity index (χ2v) is 4.32. The number of aryl methyl sites for hydroxylation is 2. The Morgan fingerprint density at radius 1 is 1.47 bits per heavy atom. The molecule has 0 unspecified atom stereocenters. The first kappa shape index (κ1) is 10.4. The Bertz CT molecular complexity index is 348. The summed E-state index contributed by atoms with van der Waals surface area (Å²) >= 11 is 0. The normalized spacial score (nSPS) is 24.7. The lowest BCUT2D eigenvalue weighted by Crippen LogP contribution is -2.33. The van der Waals surface area contributed by atoms with Crippen LogP contribution in [0.15, 0.2) is 6.20 Å². The Hall–Kier alpha value is -1.16. The zero-order chi connectivity index (χ0) is 10.8. The van der Waals surface area contributed by atoms with Gasteiger partial charge in [0.25, 0.3) is 0 Å². The fraction of sp³-hybridized carbons (Fsp3) is 0.636. The van der Waals surface area contributed by atoms with Gasteiger partial charge in [0.1, 0.15) is 5.82 Å². The summed E-state index contributed by atoms with van der Waals surface area (Å²) in [6.07, 6.45) is 3.51. The van der Waals surface area contributed by atoms with Gasteiger partial charge >= 0.3 is 0 Å². The summed E-state index contributed by atoms with van der Waals surface area (Å²) in [5, 5.41) is 12.5. The first-order valence-corrected chi connectivity index (χ1v) is 5.37. The minimum atomic E-state index is -0.0820. The number of nitrogens with one attached hydrogen (secondary N) is 1. The standard InChI is InChI=1S/C11H17N3O/c1-7-5-12-8(2)11(14-7)13-6-9-3-10(15)4-9/h5,9-10,15H,3-4,6H2,1-2H3,(H,13,14). The molecule has 0 aliphatic heterocycles. The molecule has 0 spiro atoms. The maximum Gasteiger partial charge on any atom is 0.147 e. The average molecular weight is 207 g/mol. The molecule has 2 rings (SSSR count). The fourth-order valence-electron chi connectivity index (χ4n) is 1.81. The summed E-state index contributed by atoms with van der Waals surface area (Å²) < 4.78 is 0. The number of hydrogen-bond acceptors (Lipinski definition) is 4. The van der Waals surface area contributed by atoms with Crippen molar-refractivity contribution >= 4 is 5.82 Å². The highest BCUT2D eigenvalue weighted by molar-refractivity contribution is 5.39. The van der Waals surface area contributed by atoms with E-state index in [1.165, 1.54) is 0 Å². The van der Waals surface area contributed by atoms with E-state index in [4.69, 9.17) is 5.11 Å². The lowest BCUT2D eigenvalue weighted by atomic mass is 9.82. The molecule has 1 aliphatic carbocycles. The summed E-state index contributed by atoms with van der Waals surface area (Å²) in [6.45, 7) is 4.77. The van der Waals surface area contributed by atoms with Crippen LogP contribution in [0.5, 0.6) is 0 Å². The lowest BCUT2D eigenvalue weighted by Gasteiger charge is -2.31. The van der Waals surface area contributed by atoms with E-state index in [-0.39, 0.29) is 6.10 Å². The predicted molar refractivity (Wildman–Crippen MR) is 58.7 cm³/mol. The van der Waals surface area contributed by atoms with E-state index in [0.29, 0.717) is 5.92 Å². The molecule has 1 aliphatic rings. The van der Waals surface area contributed by atoms with Crippen LogP contribution in [0.1, 0.15) is 24.2 Å². The molecule has 4 nitrogen and oxygen atoms in total. The second kappa shape index (κ2) is 4.14. The van der Waals surface area contributed by atoms with Gasteiger partial charge in [0.15, 0.2) is 0 Å². The molecule has 0 bridgehead atoms. The van der Waals surface area contributed by atoms with Crippen molar-refractivity contribution in [1.82, 2.24) is 9.97 Å². The molecule has 15 heavy (non-hydrogen) atoms. The monoisotopic (exact) mass is 207 g/mol. The molecule has 1 saturated carbocycles. The van der Waals surface area contributed by atoms with Crippen molar-refractivity contribution in [3.05, 3.63) is 17.6 Å². The van der Waals surface area contributed by atoms with Gasteiger partial charge in [-0.3, -0.25) is 4.98 Å². The molecule has 1 heterocycles. The van der Waals surface area contributed by atoms with Crippen LogP contribution >= 0.6 is 0 Å². The van der Waals surface area contributed by atoms with Gasteiger partial charge in [0.05, 0.1) is 17.5 Å². The van der Waals surface area contributed by atoms with E-state index in [2.05, 4.69) is 15.3 Å². The highest BCUT2D eigenvalue weighted by atomic mass is 16.3. The largest absolute Gasteiger partial charge is 0.393 e. The topological polar surface area (TPSA) is 58.0 Å². The number of hydrogen-bond donors (Lipinski definition) is 2. The summed E-state index contributed by atoms with van der Waals surface area (Å²) in [6, 6.07) is 0. The molecular weight excluding hydrogens is 190 g/mol. The number of nitrogens with zero attached hydrogens (tertiary/aromatic N) is 2. The molecule has 0 radical (unpaired) electrons. The Kier molecular flexibility index (Phi) is 2.86. The second-order valence-electron chi connectivity index (χ2n) is 4.32. The first-order valence-electron chi connectivity index (χ1n) is 5.37. The van der Waals surface area contributed by atoms with Crippen LogP contribution in [0.4, 0.5) is 5.82 Å². The van der Waals surface area contributed by atoms with Crippen molar-refractivity contribution < 1.29 is 5.11 Å². The van der Waals surface area contributed by atoms with Crippen molar-refractivity contribution in [2.75, 3.05) is 11.9 Å². The minimum absolute atomic E-state index is 0.0820. The molecule has 1 fully saturated rings. The van der Waals surface area contributed by atoms with E-state index >= 15 is 0 Å². The first-order chi connectivity index (χ1) is 7.15. The van der Waals surface area contributed by atoms with E-state index < -0.39 is 0 Å². The summed E-state index contributed by atoms with van der Waals surface area (Å²) in [5.74, 6) is 1.46. The summed E-state index contributed by atoms with van der Waals surface area (Å²) in [5.41, 5.74) is 1.86. The Balaban J connectivity index is 1.90. The van der Waals surface area contributed by atoms with Gasteiger partial charge in [-0.2, -0.15) is 0 Å². The molecule has 0 saturated heterocycles. The van der Waals surface area contributed by atoms with Gasteiger partial charge in [-0.05, 0) is 32.6 Å². The van der Waals surface area contributed by atoms with Gasteiger partial charge in [0.2, 0.25) is 0 Å². The number of aliphatic hydroxyl groups is 1. The smallest absolute Gasteiger partial charge is 0.147 e. The number of aliphatic hydroxyl groups excluding tert-OH is 1. The highest BCUT2D eigenvalue weighted by Gasteiger charge is 2.26. The zero-order valence-electron chi connectivity index (χ0n) is 9.20. The van der Waals surface area contributed by atoms with Crippen LogP contribution in [0.2, 0.25) is 0 Å². The van der Waals surface area contributed by atoms with Gasteiger partial charge in [-0.25, -0.2) is 4.98 Å². The van der Waals surface area contributed by atoms with E-state index in [1.807, 2.05) is 13.8 Å². The highest BCUT2D eigenvalue weighted by Crippen LogP contribution is 2.27. The van der Waals surface area contributed by atoms with E-state index in [9.17, 15) is 0 Å². The lowest BCUT2D eigenvalue weighted by molar-refractivity contribution is 0.0486. The maximum absolute atomic E-state index is 9.16. The van der Waals surface area contributed by atoms with Gasteiger partial charge in [-0.1, -0.05) is 0 Å². The van der Waals surface area contributed by atoms with Crippen LogP contribution in [0, 0.1) is 19.8 Å². The third-order valence-corrected chi connectivity index (χ3v) is 2.84. The Morgan fingerprint density at radius 3 is 2.87 bits per heavy atom. The third-order valence-electron chi connectivity index (χ3n) is 2.84. The molecule has 2 N–H and O–H groups in total. The van der Waals surface area contributed by atoms with Gasteiger partial charge in [-0.15, -0.1) is 0 Å². The average Bonchev–Trinajstić information content (AvgIpc) is 2.16. The Morgan fingerprint density at radius 2 is 2.20 bits per heavy atom. The van der Waals surface area contributed by atoms with Crippen LogP contribution < -0.4 is 5.32 Å². The summed E-state index contributed by atoms with van der Waals surface area (Å²) in [7, 11) is 0. The third kappa shape index (κ3) is 2.45. The van der Waals surface area contributed by atoms with Crippen molar-refractivity contribution in [3.8, 4) is 0 Å². The molecule has 0 aromatic carbocycles. The number of rotatable bonds is 3. The molecule has 82 valence electrons. The molecule has 1 aromatic heterocycles. The van der Waals surface area contributed by atoms with Crippen molar-refractivity contribution in [2.24, 2.45) is 5.92 Å². The summed E-state index contributed by atoms with van der Waals surface area (Å²) in [4.78, 5) is 8.63. The predicted octanol–water partition coefficient (Wildman–Crippen LogP) is 1.28. The van der Waals surface area contributed by atoms with Gasteiger partial charge < -0.3 is 10.4 Å². The van der Waals surface area contributed by atoms with Crippen molar-refractivity contribution in [1.29, 1.82) is 0 Å². The molecular formula is C11H17N3O.